The molecule has 2 rings (SSSR count). The molecule has 29 heavy (non-hydrogen) atoms. The highest BCUT2D eigenvalue weighted by Crippen LogP contribution is 2.37. The average molecular weight is 414 g/mol. The van der Waals surface area contributed by atoms with Crippen LogP contribution < -0.4 is 5.46 Å². The van der Waals surface area contributed by atoms with Crippen molar-refractivity contribution in [2.24, 2.45) is 0 Å². The Hall–Kier alpha value is -1.55. The van der Waals surface area contributed by atoms with Crippen LogP contribution in [-0.2, 0) is 14.0 Å². The van der Waals surface area contributed by atoms with Crippen molar-refractivity contribution in [2.45, 2.75) is 91.8 Å². The Kier molecular flexibility index (Phi) is 6.23. The first-order valence-corrected chi connectivity index (χ1v) is 13.7. The van der Waals surface area contributed by atoms with Crippen molar-refractivity contribution in [2.75, 3.05) is 0 Å². The van der Waals surface area contributed by atoms with Gasteiger partial charge in [-0.15, -0.1) is 5.54 Å². The largest absolute Gasteiger partial charge is 0.495 e. The molecule has 0 N–H and O–H groups in total. The molecule has 1 saturated heterocycles. The minimum absolute atomic E-state index is 0.369. The van der Waals surface area contributed by atoms with Crippen LogP contribution in [0.3, 0.4) is 0 Å². The lowest BCUT2D eigenvalue weighted by atomic mass is 9.74. The molecule has 6 heteroatoms. The highest BCUT2D eigenvalue weighted by atomic mass is 28.3. The fourth-order valence-corrected chi connectivity index (χ4v) is 3.30. The van der Waals surface area contributed by atoms with Crippen molar-refractivity contribution in [1.29, 1.82) is 0 Å². The lowest BCUT2D eigenvalue weighted by Crippen LogP contribution is -2.41. The summed E-state index contributed by atoms with van der Waals surface area (Å²) < 4.78 is 18.1. The minimum Gasteiger partial charge on any atom is -0.456 e. The van der Waals surface area contributed by atoms with Crippen molar-refractivity contribution in [3.63, 3.8) is 0 Å². The molecular weight excluding hydrogens is 379 g/mol. The van der Waals surface area contributed by atoms with Crippen molar-refractivity contribution in [3.05, 3.63) is 28.8 Å². The predicted molar refractivity (Wildman–Crippen MR) is 122 cm³/mol. The molecule has 0 radical (unpaired) electrons. The summed E-state index contributed by atoms with van der Waals surface area (Å²) in [6.07, 6.45) is 0. The molecule has 0 aliphatic carbocycles. The van der Waals surface area contributed by atoms with E-state index in [0.29, 0.717) is 5.56 Å². The van der Waals surface area contributed by atoms with E-state index in [1.54, 1.807) is 0 Å². The van der Waals surface area contributed by atoms with Crippen LogP contribution in [0.15, 0.2) is 12.1 Å². The number of hydrogen-bond donors (Lipinski definition) is 0. The maximum atomic E-state index is 12.8. The third-order valence-electron chi connectivity index (χ3n) is 5.16. The third-order valence-corrected chi connectivity index (χ3v) is 6.04. The molecule has 0 spiro atoms. The lowest BCUT2D eigenvalue weighted by molar-refractivity contribution is 0.00578. The minimum atomic E-state index is -1.58. The van der Waals surface area contributed by atoms with Crippen molar-refractivity contribution < 1.29 is 18.8 Å². The fourth-order valence-electron chi connectivity index (χ4n) is 2.79. The summed E-state index contributed by atoms with van der Waals surface area (Å²) in [4.78, 5) is 12.8. The third kappa shape index (κ3) is 5.75. The lowest BCUT2D eigenvalue weighted by Gasteiger charge is -2.32. The number of benzene rings is 1. The van der Waals surface area contributed by atoms with Gasteiger partial charge in [0.15, 0.2) is 0 Å². The molecule has 158 valence electrons. The molecule has 1 aromatic carbocycles. The van der Waals surface area contributed by atoms with Crippen LogP contribution in [-0.4, -0.2) is 38.0 Å². The first kappa shape index (κ1) is 23.7. The van der Waals surface area contributed by atoms with Gasteiger partial charge in [0.1, 0.15) is 13.7 Å². The molecule has 0 aromatic heterocycles. The van der Waals surface area contributed by atoms with Crippen molar-refractivity contribution in [3.8, 4) is 11.5 Å². The van der Waals surface area contributed by atoms with Crippen LogP contribution in [0, 0.1) is 18.4 Å². The molecule has 1 aliphatic heterocycles. The Morgan fingerprint density at radius 2 is 1.59 bits per heavy atom. The first-order valence-electron chi connectivity index (χ1n) is 10.2. The van der Waals surface area contributed by atoms with Crippen LogP contribution in [0.5, 0.6) is 0 Å². The summed E-state index contributed by atoms with van der Waals surface area (Å²) in [5.74, 6) is 2.94. The van der Waals surface area contributed by atoms with Crippen molar-refractivity contribution in [1.82, 2.24) is 0 Å². The molecule has 0 unspecified atom stereocenters. The Morgan fingerprint density at radius 1 is 1.07 bits per heavy atom. The van der Waals surface area contributed by atoms with E-state index in [0.717, 1.165) is 16.6 Å². The normalized spacial score (nSPS) is 18.2. The molecule has 0 bridgehead atoms. The summed E-state index contributed by atoms with van der Waals surface area (Å²) in [7, 11) is -2.14. The summed E-state index contributed by atoms with van der Waals surface area (Å²) in [5, 5.41) is 0. The Morgan fingerprint density at radius 3 is 2.03 bits per heavy atom. The number of ether oxygens (including phenoxy) is 1. The second kappa shape index (κ2) is 7.61. The van der Waals surface area contributed by atoms with Gasteiger partial charge in [0, 0.05) is 5.56 Å². The average Bonchev–Trinajstić information content (AvgIpc) is 2.71. The second-order valence-electron chi connectivity index (χ2n) is 10.8. The van der Waals surface area contributed by atoms with Gasteiger partial charge in [-0.3, -0.25) is 0 Å². The first-order chi connectivity index (χ1) is 12.9. The molecule has 1 aliphatic rings. The zero-order valence-electron chi connectivity index (χ0n) is 19.9. The standard InChI is InChI=1S/C23H35BO4Si/c1-16-17(12-13-29(9,10)11)14-18(20(25)26-21(2,3)4)15-19(16)24-27-22(5,6)23(7,8)28-24/h14-15H,1-11H3. The second-order valence-corrected chi connectivity index (χ2v) is 15.6. The van der Waals surface area contributed by atoms with Crippen LogP contribution in [0.2, 0.25) is 19.6 Å². The van der Waals surface area contributed by atoms with Gasteiger partial charge in [-0.1, -0.05) is 25.6 Å². The highest BCUT2D eigenvalue weighted by Gasteiger charge is 2.52. The van der Waals surface area contributed by atoms with E-state index in [4.69, 9.17) is 14.0 Å². The summed E-state index contributed by atoms with van der Waals surface area (Å²) in [5.41, 5.74) is 4.99. The molecular formula is C23H35BO4Si. The summed E-state index contributed by atoms with van der Waals surface area (Å²) in [6, 6.07) is 3.65. The van der Waals surface area contributed by atoms with Gasteiger partial charge in [0.2, 0.25) is 0 Å². The van der Waals surface area contributed by atoms with Gasteiger partial charge in [0.05, 0.1) is 16.8 Å². The van der Waals surface area contributed by atoms with Crippen LogP contribution in [0.4, 0.5) is 0 Å². The maximum Gasteiger partial charge on any atom is 0.495 e. The van der Waals surface area contributed by atoms with Gasteiger partial charge in [0.25, 0.3) is 0 Å². The Bertz CT molecular complexity index is 848. The molecule has 1 aromatic rings. The molecule has 4 nitrogen and oxygen atoms in total. The number of esters is 1. The molecule has 0 saturated carbocycles. The smallest absolute Gasteiger partial charge is 0.456 e. The highest BCUT2D eigenvalue weighted by molar-refractivity contribution is 6.83. The van der Waals surface area contributed by atoms with E-state index >= 15 is 0 Å². The van der Waals surface area contributed by atoms with Gasteiger partial charge in [-0.05, 0) is 78.5 Å². The summed E-state index contributed by atoms with van der Waals surface area (Å²) >= 11 is 0. The quantitative estimate of drug-likeness (QED) is 0.407. The zero-order chi connectivity index (χ0) is 22.4. The van der Waals surface area contributed by atoms with E-state index in [1.165, 1.54) is 0 Å². The van der Waals surface area contributed by atoms with E-state index in [9.17, 15) is 4.79 Å². The van der Waals surface area contributed by atoms with Crippen LogP contribution in [0.1, 0.15) is 70.0 Å². The van der Waals surface area contributed by atoms with Crippen LogP contribution in [0.25, 0.3) is 0 Å². The Balaban J connectivity index is 2.59. The maximum absolute atomic E-state index is 12.8. The monoisotopic (exact) mass is 414 g/mol. The zero-order valence-corrected chi connectivity index (χ0v) is 20.9. The topological polar surface area (TPSA) is 44.8 Å². The van der Waals surface area contributed by atoms with Gasteiger partial charge in [-0.25, -0.2) is 4.79 Å². The fraction of sp³-hybridized carbons (Fsp3) is 0.609. The van der Waals surface area contributed by atoms with E-state index in [2.05, 4.69) is 31.1 Å². The van der Waals surface area contributed by atoms with Gasteiger partial charge in [-0.2, -0.15) is 0 Å². The number of hydrogen-bond acceptors (Lipinski definition) is 4. The molecule has 1 fully saturated rings. The van der Waals surface area contributed by atoms with E-state index < -0.39 is 32.0 Å². The number of rotatable bonds is 2. The number of carbonyl (C=O) groups is 1. The molecule has 1 heterocycles. The Labute approximate surface area is 177 Å². The number of carbonyl (C=O) groups excluding carboxylic acids is 1. The van der Waals surface area contributed by atoms with Crippen molar-refractivity contribution >= 4 is 26.6 Å². The van der Waals surface area contributed by atoms with Crippen LogP contribution >= 0.6 is 0 Å². The van der Waals surface area contributed by atoms with E-state index in [1.807, 2.05) is 67.5 Å². The van der Waals surface area contributed by atoms with E-state index in [-0.39, 0.29) is 5.97 Å². The molecule has 0 atom stereocenters. The van der Waals surface area contributed by atoms with Gasteiger partial charge >= 0.3 is 13.1 Å². The molecule has 0 amide bonds. The SMILES string of the molecule is Cc1c(C#C[Si](C)(C)C)cc(C(=O)OC(C)(C)C)cc1B1OC(C)(C)C(C)(C)O1. The predicted octanol–water partition coefficient (Wildman–Crippen LogP) is 4.48. The summed E-state index contributed by atoms with van der Waals surface area (Å²) in [6.45, 7) is 22.3. The van der Waals surface area contributed by atoms with Gasteiger partial charge < -0.3 is 14.0 Å².